The minimum atomic E-state index is 0.0392. The highest BCUT2D eigenvalue weighted by atomic mass is 32.2. The first-order chi connectivity index (χ1) is 12.6. The average molecular weight is 377 g/mol. The third kappa shape index (κ3) is 5.48. The normalized spacial score (nSPS) is 25.2. The number of carbonyl (C=O) groups is 1. The van der Waals surface area contributed by atoms with Crippen molar-refractivity contribution in [3.63, 3.8) is 0 Å². The summed E-state index contributed by atoms with van der Waals surface area (Å²) in [5.41, 5.74) is 0.787. The van der Waals surface area contributed by atoms with Gasteiger partial charge in [0.15, 0.2) is 0 Å². The molecule has 2 fully saturated rings. The summed E-state index contributed by atoms with van der Waals surface area (Å²) in [5.74, 6) is 1.72. The van der Waals surface area contributed by atoms with Crippen molar-refractivity contribution in [2.75, 3.05) is 32.0 Å². The molecule has 2 aliphatic heterocycles. The Balaban J connectivity index is 1.52. The molecular formula is C21H32N2O2S. The van der Waals surface area contributed by atoms with Crippen LogP contribution in [0.1, 0.15) is 49.9 Å². The Kier molecular flexibility index (Phi) is 7.41. The molecule has 5 heteroatoms. The van der Waals surface area contributed by atoms with Crippen LogP contribution in [0.25, 0.3) is 0 Å². The Morgan fingerprint density at radius 3 is 2.96 bits per heavy atom. The Morgan fingerprint density at radius 2 is 2.19 bits per heavy atom. The second kappa shape index (κ2) is 9.77. The number of nitrogens with one attached hydrogen (secondary N) is 1. The largest absolute Gasteiger partial charge is 0.377 e. The zero-order chi connectivity index (χ0) is 18.4. The first-order valence-electron chi connectivity index (χ1n) is 9.99. The summed E-state index contributed by atoms with van der Waals surface area (Å²) < 4.78 is 5.70. The molecule has 2 aliphatic rings. The van der Waals surface area contributed by atoms with Gasteiger partial charge >= 0.3 is 0 Å². The fourth-order valence-corrected chi connectivity index (χ4v) is 4.95. The van der Waals surface area contributed by atoms with Crippen molar-refractivity contribution in [2.45, 2.75) is 56.6 Å². The molecule has 26 heavy (non-hydrogen) atoms. The van der Waals surface area contributed by atoms with Crippen LogP contribution in [0.2, 0.25) is 0 Å². The van der Waals surface area contributed by atoms with Crippen molar-refractivity contribution in [2.24, 2.45) is 5.92 Å². The lowest BCUT2D eigenvalue weighted by Crippen LogP contribution is -2.46. The van der Waals surface area contributed by atoms with E-state index in [-0.39, 0.29) is 5.91 Å². The van der Waals surface area contributed by atoms with Crippen molar-refractivity contribution in [1.29, 1.82) is 0 Å². The molecule has 4 nitrogen and oxygen atoms in total. The lowest BCUT2D eigenvalue weighted by atomic mass is 9.99. The van der Waals surface area contributed by atoms with Gasteiger partial charge < -0.3 is 10.1 Å². The van der Waals surface area contributed by atoms with Crippen LogP contribution in [0.3, 0.4) is 0 Å². The first-order valence-corrected chi connectivity index (χ1v) is 11.0. The van der Waals surface area contributed by atoms with E-state index in [1.807, 2.05) is 24.3 Å². The molecule has 1 aromatic carbocycles. The van der Waals surface area contributed by atoms with Gasteiger partial charge in [-0.15, -0.1) is 11.8 Å². The predicted octanol–water partition coefficient (Wildman–Crippen LogP) is 3.81. The zero-order valence-electron chi connectivity index (χ0n) is 16.1. The van der Waals surface area contributed by atoms with Gasteiger partial charge in [0.25, 0.3) is 5.91 Å². The lowest BCUT2D eigenvalue weighted by molar-refractivity contribution is 0.0914. The highest BCUT2D eigenvalue weighted by Gasteiger charge is 2.22. The topological polar surface area (TPSA) is 41.6 Å². The van der Waals surface area contributed by atoms with Gasteiger partial charge in [-0.25, -0.2) is 0 Å². The molecular weight excluding hydrogens is 344 g/mol. The van der Waals surface area contributed by atoms with E-state index in [1.165, 1.54) is 12.8 Å². The monoisotopic (exact) mass is 376 g/mol. The van der Waals surface area contributed by atoms with Gasteiger partial charge in [-0.3, -0.25) is 9.69 Å². The molecule has 1 aromatic rings. The standard InChI is InChI=1S/C21H32N2O2S/c1-16-7-5-11-23(14-16)17(2)13-22-21(24)19-9-3-4-10-20(19)26-15-18-8-6-12-25-18/h3-4,9-10,16-18H,5-8,11-15H2,1-2H3,(H,22,24). The summed E-state index contributed by atoms with van der Waals surface area (Å²) in [6.07, 6.45) is 5.21. The summed E-state index contributed by atoms with van der Waals surface area (Å²) in [7, 11) is 0. The molecule has 2 saturated heterocycles. The number of amides is 1. The van der Waals surface area contributed by atoms with Gasteiger partial charge in [0.2, 0.25) is 0 Å². The minimum Gasteiger partial charge on any atom is -0.377 e. The van der Waals surface area contributed by atoms with Crippen LogP contribution in [0.15, 0.2) is 29.2 Å². The third-order valence-corrected chi connectivity index (χ3v) is 6.66. The Bertz CT molecular complexity index is 589. The molecule has 0 bridgehead atoms. The Labute approximate surface area is 162 Å². The molecule has 0 saturated carbocycles. The molecule has 1 amide bonds. The van der Waals surface area contributed by atoms with Crippen molar-refractivity contribution < 1.29 is 9.53 Å². The maximum absolute atomic E-state index is 12.7. The van der Waals surface area contributed by atoms with Crippen LogP contribution in [-0.2, 0) is 4.74 Å². The van der Waals surface area contributed by atoms with Crippen LogP contribution in [0.5, 0.6) is 0 Å². The summed E-state index contributed by atoms with van der Waals surface area (Å²) in [4.78, 5) is 16.3. The summed E-state index contributed by atoms with van der Waals surface area (Å²) in [6.45, 7) is 8.41. The van der Waals surface area contributed by atoms with Gasteiger partial charge in [0.1, 0.15) is 0 Å². The van der Waals surface area contributed by atoms with Crippen LogP contribution in [-0.4, -0.2) is 54.9 Å². The maximum Gasteiger partial charge on any atom is 0.252 e. The van der Waals surface area contributed by atoms with E-state index in [0.717, 1.165) is 54.7 Å². The van der Waals surface area contributed by atoms with Gasteiger partial charge in [0, 0.05) is 36.4 Å². The molecule has 0 aromatic heterocycles. The van der Waals surface area contributed by atoms with E-state index in [4.69, 9.17) is 4.74 Å². The van der Waals surface area contributed by atoms with E-state index in [0.29, 0.717) is 18.7 Å². The lowest BCUT2D eigenvalue weighted by Gasteiger charge is -2.35. The quantitative estimate of drug-likeness (QED) is 0.735. The van der Waals surface area contributed by atoms with Crippen LogP contribution in [0.4, 0.5) is 0 Å². The number of benzene rings is 1. The molecule has 3 atom stereocenters. The highest BCUT2D eigenvalue weighted by molar-refractivity contribution is 7.99. The smallest absolute Gasteiger partial charge is 0.252 e. The van der Waals surface area contributed by atoms with Crippen molar-refractivity contribution in [1.82, 2.24) is 10.2 Å². The number of hydrogen-bond donors (Lipinski definition) is 1. The fourth-order valence-electron chi connectivity index (χ4n) is 3.83. The molecule has 1 N–H and O–H groups in total. The second-order valence-electron chi connectivity index (χ2n) is 7.74. The van der Waals surface area contributed by atoms with Crippen LogP contribution < -0.4 is 5.32 Å². The fraction of sp³-hybridized carbons (Fsp3) is 0.667. The number of nitrogens with zero attached hydrogens (tertiary/aromatic N) is 1. The highest BCUT2D eigenvalue weighted by Crippen LogP contribution is 2.26. The molecule has 2 heterocycles. The minimum absolute atomic E-state index is 0.0392. The first kappa shape index (κ1) is 19.7. The Hall–Kier alpha value is -1.04. The zero-order valence-corrected chi connectivity index (χ0v) is 16.9. The number of ether oxygens (including phenoxy) is 1. The molecule has 3 unspecified atom stereocenters. The predicted molar refractivity (Wildman–Crippen MR) is 108 cm³/mol. The SMILES string of the molecule is CC1CCCN(C(C)CNC(=O)c2ccccc2SCC2CCCO2)C1. The summed E-state index contributed by atoms with van der Waals surface area (Å²) in [5, 5.41) is 3.15. The number of hydrogen-bond acceptors (Lipinski definition) is 4. The van der Waals surface area contributed by atoms with Crippen molar-refractivity contribution >= 4 is 17.7 Å². The number of piperidine rings is 1. The van der Waals surface area contributed by atoms with Gasteiger partial charge in [-0.05, 0) is 57.2 Å². The Morgan fingerprint density at radius 1 is 1.35 bits per heavy atom. The van der Waals surface area contributed by atoms with E-state index in [2.05, 4.69) is 24.1 Å². The van der Waals surface area contributed by atoms with Crippen molar-refractivity contribution in [3.05, 3.63) is 29.8 Å². The van der Waals surface area contributed by atoms with E-state index in [9.17, 15) is 4.79 Å². The number of rotatable bonds is 7. The van der Waals surface area contributed by atoms with Gasteiger partial charge in [-0.2, -0.15) is 0 Å². The second-order valence-corrected chi connectivity index (χ2v) is 8.81. The van der Waals surface area contributed by atoms with E-state index < -0.39 is 0 Å². The molecule has 0 aliphatic carbocycles. The molecule has 144 valence electrons. The van der Waals surface area contributed by atoms with Gasteiger partial charge in [-0.1, -0.05) is 19.1 Å². The van der Waals surface area contributed by atoms with Gasteiger partial charge in [0.05, 0.1) is 11.7 Å². The van der Waals surface area contributed by atoms with E-state index in [1.54, 1.807) is 11.8 Å². The maximum atomic E-state index is 12.7. The summed E-state index contributed by atoms with van der Waals surface area (Å²) >= 11 is 1.74. The average Bonchev–Trinajstić information content (AvgIpc) is 3.18. The number of likely N-dealkylation sites (tertiary alicyclic amines) is 1. The number of carbonyl (C=O) groups excluding carboxylic acids is 1. The molecule has 0 spiro atoms. The van der Waals surface area contributed by atoms with Crippen molar-refractivity contribution in [3.8, 4) is 0 Å². The molecule has 0 radical (unpaired) electrons. The van der Waals surface area contributed by atoms with Crippen LogP contribution in [0, 0.1) is 5.92 Å². The molecule has 3 rings (SSSR count). The van der Waals surface area contributed by atoms with Crippen LogP contribution >= 0.6 is 11.8 Å². The van der Waals surface area contributed by atoms with E-state index >= 15 is 0 Å². The summed E-state index contributed by atoms with van der Waals surface area (Å²) in [6, 6.07) is 8.31. The number of thioether (sulfide) groups is 1. The third-order valence-electron chi connectivity index (χ3n) is 5.45.